The van der Waals surface area contributed by atoms with E-state index in [-0.39, 0.29) is 5.91 Å². The molecule has 128 valence electrons. The van der Waals surface area contributed by atoms with Gasteiger partial charge in [0, 0.05) is 30.7 Å². The van der Waals surface area contributed by atoms with E-state index in [0.29, 0.717) is 24.4 Å². The first-order chi connectivity index (χ1) is 11.5. The molecule has 2 aromatic rings. The Labute approximate surface area is 149 Å². The molecule has 0 atom stereocenters. The molecule has 0 saturated carbocycles. The van der Waals surface area contributed by atoms with Crippen LogP contribution in [0.1, 0.15) is 21.7 Å². The smallest absolute Gasteiger partial charge is 0.255 e. The topological polar surface area (TPSA) is 61.5 Å². The van der Waals surface area contributed by atoms with Crippen LogP contribution >= 0.6 is 15.9 Å². The van der Waals surface area contributed by atoms with Gasteiger partial charge < -0.3 is 14.5 Å². The zero-order chi connectivity index (χ0) is 17.3. The largest absolute Gasteiger partial charge is 0.497 e. The van der Waals surface area contributed by atoms with Gasteiger partial charge in [-0.25, -0.2) is 0 Å². The number of carbonyl (C=O) groups is 1. The van der Waals surface area contributed by atoms with Gasteiger partial charge in [-0.05, 0) is 48.0 Å². The van der Waals surface area contributed by atoms with E-state index in [9.17, 15) is 4.79 Å². The second-order valence-corrected chi connectivity index (χ2v) is 6.76. The number of piperazine rings is 1. The van der Waals surface area contributed by atoms with Crippen molar-refractivity contribution in [2.24, 2.45) is 0 Å². The molecule has 0 spiro atoms. The lowest BCUT2D eigenvalue weighted by molar-refractivity contribution is 0.0745. The number of aryl methyl sites for hydroxylation is 2. The van der Waals surface area contributed by atoms with Crippen LogP contribution in [0.4, 0.5) is 5.69 Å². The van der Waals surface area contributed by atoms with E-state index in [1.807, 2.05) is 30.9 Å². The zero-order valence-electron chi connectivity index (χ0n) is 14.1. The molecule has 1 aliphatic rings. The highest BCUT2D eigenvalue weighted by molar-refractivity contribution is 9.10. The van der Waals surface area contributed by atoms with Gasteiger partial charge in [0.1, 0.15) is 5.75 Å². The highest BCUT2D eigenvalue weighted by atomic mass is 79.9. The molecule has 6 nitrogen and oxygen atoms in total. The maximum Gasteiger partial charge on any atom is 0.255 e. The van der Waals surface area contributed by atoms with Crippen LogP contribution in [0.15, 0.2) is 22.7 Å². The number of H-pyrrole nitrogens is 1. The second-order valence-electron chi connectivity index (χ2n) is 5.91. The normalized spacial score (nSPS) is 14.8. The standard InChI is InChI=1S/C17H21BrN4O2/c1-11-16(12(2)20-19-11)21-6-8-22(9-7-21)17(23)14-10-13(24-3)4-5-15(14)18/h4-5,10H,6-9H2,1-3H3,(H,19,20). The van der Waals surface area contributed by atoms with Crippen molar-refractivity contribution >= 4 is 27.5 Å². The maximum atomic E-state index is 12.8. The number of benzene rings is 1. The van der Waals surface area contributed by atoms with Gasteiger partial charge >= 0.3 is 0 Å². The summed E-state index contributed by atoms with van der Waals surface area (Å²) in [5, 5.41) is 7.28. The Hall–Kier alpha value is -2.02. The summed E-state index contributed by atoms with van der Waals surface area (Å²) in [6.07, 6.45) is 0. The summed E-state index contributed by atoms with van der Waals surface area (Å²) >= 11 is 3.46. The summed E-state index contributed by atoms with van der Waals surface area (Å²) in [7, 11) is 1.60. The fourth-order valence-corrected chi connectivity index (χ4v) is 3.53. The first-order valence-electron chi connectivity index (χ1n) is 7.90. The molecule has 1 amide bonds. The SMILES string of the molecule is COc1ccc(Br)c(C(=O)N2CCN(c3c(C)n[nH]c3C)CC2)c1. The van der Waals surface area contributed by atoms with Crippen LogP contribution < -0.4 is 9.64 Å². The van der Waals surface area contributed by atoms with Crippen LogP contribution in [0.25, 0.3) is 0 Å². The van der Waals surface area contributed by atoms with Crippen molar-refractivity contribution in [2.75, 3.05) is 38.2 Å². The number of hydrogen-bond donors (Lipinski definition) is 1. The second kappa shape index (κ2) is 6.84. The van der Waals surface area contributed by atoms with Gasteiger partial charge in [-0.1, -0.05) is 0 Å². The molecule has 1 aromatic carbocycles. The molecular formula is C17H21BrN4O2. The number of aromatic nitrogens is 2. The molecule has 0 unspecified atom stereocenters. The number of rotatable bonds is 3. The van der Waals surface area contributed by atoms with Gasteiger partial charge in [0.15, 0.2) is 0 Å². The van der Waals surface area contributed by atoms with Gasteiger partial charge in [0.25, 0.3) is 5.91 Å². The summed E-state index contributed by atoms with van der Waals surface area (Å²) in [6, 6.07) is 5.47. The zero-order valence-corrected chi connectivity index (χ0v) is 15.7. The molecule has 1 N–H and O–H groups in total. The average Bonchev–Trinajstić information content (AvgIpc) is 2.93. The molecule has 1 aliphatic heterocycles. The summed E-state index contributed by atoms with van der Waals surface area (Å²) in [5.74, 6) is 0.714. The molecule has 1 saturated heterocycles. The Morgan fingerprint density at radius 1 is 1.25 bits per heavy atom. The van der Waals surface area contributed by atoms with E-state index in [2.05, 4.69) is 31.0 Å². The van der Waals surface area contributed by atoms with Crippen molar-refractivity contribution in [3.8, 4) is 5.75 Å². The number of ether oxygens (including phenoxy) is 1. The number of amides is 1. The van der Waals surface area contributed by atoms with Crippen molar-refractivity contribution in [3.05, 3.63) is 39.6 Å². The number of anilines is 1. The van der Waals surface area contributed by atoms with Gasteiger partial charge in [-0.15, -0.1) is 0 Å². The van der Waals surface area contributed by atoms with E-state index >= 15 is 0 Å². The molecule has 2 heterocycles. The Morgan fingerprint density at radius 2 is 1.96 bits per heavy atom. The summed E-state index contributed by atoms with van der Waals surface area (Å²) in [5.41, 5.74) is 3.87. The number of halogens is 1. The van der Waals surface area contributed by atoms with Crippen molar-refractivity contribution in [2.45, 2.75) is 13.8 Å². The number of nitrogens with one attached hydrogen (secondary N) is 1. The maximum absolute atomic E-state index is 12.8. The molecule has 1 aromatic heterocycles. The third kappa shape index (κ3) is 3.13. The fraction of sp³-hybridized carbons (Fsp3) is 0.412. The van der Waals surface area contributed by atoms with Gasteiger partial charge in [0.2, 0.25) is 0 Å². The third-order valence-electron chi connectivity index (χ3n) is 4.38. The van der Waals surface area contributed by atoms with Crippen molar-refractivity contribution in [3.63, 3.8) is 0 Å². The van der Waals surface area contributed by atoms with Crippen LogP contribution in [0.2, 0.25) is 0 Å². The number of methoxy groups -OCH3 is 1. The Bertz CT molecular complexity index is 732. The molecule has 3 rings (SSSR count). The van der Waals surface area contributed by atoms with Crippen molar-refractivity contribution < 1.29 is 9.53 Å². The average molecular weight is 393 g/mol. The number of nitrogens with zero attached hydrogens (tertiary/aromatic N) is 3. The Balaban J connectivity index is 1.72. The van der Waals surface area contributed by atoms with Crippen LogP contribution in [0, 0.1) is 13.8 Å². The van der Waals surface area contributed by atoms with Crippen molar-refractivity contribution in [1.29, 1.82) is 0 Å². The van der Waals surface area contributed by atoms with Crippen LogP contribution in [0.5, 0.6) is 5.75 Å². The van der Waals surface area contributed by atoms with Crippen LogP contribution in [0.3, 0.4) is 0 Å². The molecule has 24 heavy (non-hydrogen) atoms. The molecule has 7 heteroatoms. The van der Waals surface area contributed by atoms with Crippen LogP contribution in [-0.2, 0) is 0 Å². The molecule has 0 radical (unpaired) electrons. The lowest BCUT2D eigenvalue weighted by Gasteiger charge is -2.36. The van der Waals surface area contributed by atoms with E-state index in [1.54, 1.807) is 13.2 Å². The Morgan fingerprint density at radius 3 is 2.54 bits per heavy atom. The first-order valence-corrected chi connectivity index (χ1v) is 8.70. The third-order valence-corrected chi connectivity index (χ3v) is 5.07. The predicted octanol–water partition coefficient (Wildman–Crippen LogP) is 2.76. The van der Waals surface area contributed by atoms with E-state index < -0.39 is 0 Å². The predicted molar refractivity (Wildman–Crippen MR) is 96.9 cm³/mol. The summed E-state index contributed by atoms with van der Waals surface area (Å²) in [6.45, 7) is 7.01. The number of aromatic amines is 1. The molecule has 0 aliphatic carbocycles. The highest BCUT2D eigenvalue weighted by Gasteiger charge is 2.26. The monoisotopic (exact) mass is 392 g/mol. The highest BCUT2D eigenvalue weighted by Crippen LogP contribution is 2.26. The molecular weight excluding hydrogens is 372 g/mol. The van der Waals surface area contributed by atoms with Gasteiger partial charge in [0.05, 0.1) is 29.7 Å². The minimum atomic E-state index is 0.0288. The van der Waals surface area contributed by atoms with Gasteiger partial charge in [-0.2, -0.15) is 5.10 Å². The molecule has 1 fully saturated rings. The quantitative estimate of drug-likeness (QED) is 0.871. The lowest BCUT2D eigenvalue weighted by Crippen LogP contribution is -2.49. The van der Waals surface area contributed by atoms with E-state index in [1.165, 1.54) is 0 Å². The molecule has 0 bridgehead atoms. The van der Waals surface area contributed by atoms with Crippen molar-refractivity contribution in [1.82, 2.24) is 15.1 Å². The van der Waals surface area contributed by atoms with E-state index in [4.69, 9.17) is 4.74 Å². The van der Waals surface area contributed by atoms with E-state index in [0.717, 1.165) is 34.6 Å². The van der Waals surface area contributed by atoms with Crippen LogP contribution in [-0.4, -0.2) is 54.3 Å². The number of carbonyl (C=O) groups excluding carboxylic acids is 1. The lowest BCUT2D eigenvalue weighted by atomic mass is 10.1. The summed E-state index contributed by atoms with van der Waals surface area (Å²) < 4.78 is 6.02. The first kappa shape index (κ1) is 16.8. The summed E-state index contributed by atoms with van der Waals surface area (Å²) in [4.78, 5) is 17.0. The van der Waals surface area contributed by atoms with Gasteiger partial charge in [-0.3, -0.25) is 9.89 Å². The fourth-order valence-electron chi connectivity index (χ4n) is 3.11. The minimum absolute atomic E-state index is 0.0288. The number of hydrogen-bond acceptors (Lipinski definition) is 4. The minimum Gasteiger partial charge on any atom is -0.497 e. The Kier molecular flexibility index (Phi) is 4.80.